The molecule has 0 heterocycles. The van der Waals surface area contributed by atoms with Gasteiger partial charge in [0.15, 0.2) is 0 Å². The molecule has 0 aromatic rings. The highest BCUT2D eigenvalue weighted by atomic mass is 16.4. The Morgan fingerprint density at radius 3 is 2.29 bits per heavy atom. The van der Waals surface area contributed by atoms with Crippen molar-refractivity contribution in [3.05, 3.63) is 12.7 Å². The number of carboxylic acid groups (broad SMARTS) is 1. The summed E-state index contributed by atoms with van der Waals surface area (Å²) in [5, 5.41) is 9.14. The Morgan fingerprint density at radius 2 is 1.94 bits per heavy atom. The van der Waals surface area contributed by atoms with Crippen LogP contribution in [-0.4, -0.2) is 35.5 Å². The summed E-state index contributed by atoms with van der Waals surface area (Å²) in [4.78, 5) is 24.7. The number of carboxylic acids is 1. The quantitative estimate of drug-likeness (QED) is 0.440. The molecule has 0 aromatic carbocycles. The number of unbranched alkanes of at least 4 members (excludes halogenated alkanes) is 1. The molecule has 0 radical (unpaired) electrons. The molecule has 4 nitrogen and oxygen atoms in total. The number of allylic oxidation sites excluding steroid dienone is 1. The van der Waals surface area contributed by atoms with Crippen molar-refractivity contribution in [3.63, 3.8) is 0 Å². The van der Waals surface area contributed by atoms with Gasteiger partial charge in [-0.15, -0.1) is 6.58 Å². The first-order valence-electron chi connectivity index (χ1n) is 5.80. The normalized spacial score (nSPS) is 12.9. The minimum Gasteiger partial charge on any atom is -0.481 e. The highest BCUT2D eigenvalue weighted by Crippen LogP contribution is 2.27. The van der Waals surface area contributed by atoms with Crippen molar-refractivity contribution in [2.45, 2.75) is 33.6 Å². The summed E-state index contributed by atoms with van der Waals surface area (Å²) < 4.78 is 0. The topological polar surface area (TPSA) is 57.6 Å². The van der Waals surface area contributed by atoms with Gasteiger partial charge < -0.3 is 10.0 Å². The predicted octanol–water partition coefficient (Wildman–Crippen LogP) is 2.16. The molecule has 0 aliphatic heterocycles. The average molecular weight is 241 g/mol. The Balaban J connectivity index is 4.62. The fourth-order valence-electron chi connectivity index (χ4n) is 1.65. The lowest BCUT2D eigenvalue weighted by Crippen LogP contribution is -2.43. The lowest BCUT2D eigenvalue weighted by atomic mass is 9.80. The van der Waals surface area contributed by atoms with Gasteiger partial charge in [0.1, 0.15) is 5.92 Å². The Morgan fingerprint density at radius 1 is 1.41 bits per heavy atom. The molecule has 0 spiro atoms. The molecule has 1 atom stereocenters. The van der Waals surface area contributed by atoms with Crippen molar-refractivity contribution in [1.82, 2.24) is 4.90 Å². The van der Waals surface area contributed by atoms with Crippen LogP contribution in [-0.2, 0) is 9.59 Å². The zero-order valence-electron chi connectivity index (χ0n) is 11.2. The maximum Gasteiger partial charge on any atom is 0.316 e. The summed E-state index contributed by atoms with van der Waals surface area (Å²) in [5.41, 5.74) is -0.574. The van der Waals surface area contributed by atoms with E-state index in [1.165, 1.54) is 4.90 Å². The average Bonchev–Trinajstić information content (AvgIpc) is 2.14. The molecule has 1 N–H and O–H groups in total. The smallest absolute Gasteiger partial charge is 0.316 e. The van der Waals surface area contributed by atoms with Gasteiger partial charge in [-0.3, -0.25) is 9.59 Å². The van der Waals surface area contributed by atoms with E-state index < -0.39 is 17.3 Å². The molecule has 0 aliphatic carbocycles. The fourth-order valence-corrected chi connectivity index (χ4v) is 1.65. The molecule has 0 rings (SSSR count). The molecule has 1 amide bonds. The zero-order valence-corrected chi connectivity index (χ0v) is 11.2. The maximum atomic E-state index is 12.0. The number of aliphatic carboxylic acids is 1. The Kier molecular flexibility index (Phi) is 5.93. The summed E-state index contributed by atoms with van der Waals surface area (Å²) in [6, 6.07) is 0. The molecule has 4 heteroatoms. The van der Waals surface area contributed by atoms with Crippen LogP contribution in [0.1, 0.15) is 33.6 Å². The van der Waals surface area contributed by atoms with Crippen molar-refractivity contribution < 1.29 is 14.7 Å². The minimum absolute atomic E-state index is 0.325. The van der Waals surface area contributed by atoms with E-state index in [9.17, 15) is 9.59 Å². The molecule has 98 valence electrons. The zero-order chi connectivity index (χ0) is 13.6. The van der Waals surface area contributed by atoms with Crippen LogP contribution >= 0.6 is 0 Å². The van der Waals surface area contributed by atoms with E-state index in [1.807, 2.05) is 0 Å². The molecule has 0 aliphatic rings. The molecule has 0 saturated carbocycles. The maximum absolute atomic E-state index is 12.0. The van der Waals surface area contributed by atoms with Gasteiger partial charge in [0.25, 0.3) is 0 Å². The first-order valence-corrected chi connectivity index (χ1v) is 5.80. The number of nitrogens with zero attached hydrogens (tertiary/aromatic N) is 1. The molecule has 0 fully saturated rings. The molecule has 17 heavy (non-hydrogen) atoms. The first-order chi connectivity index (χ1) is 7.71. The van der Waals surface area contributed by atoms with E-state index in [1.54, 1.807) is 33.9 Å². The van der Waals surface area contributed by atoms with Crippen molar-refractivity contribution in [2.75, 3.05) is 13.6 Å². The Bertz CT molecular complexity index is 292. The predicted molar refractivity (Wildman–Crippen MR) is 67.6 cm³/mol. The van der Waals surface area contributed by atoms with Crippen LogP contribution in [0.4, 0.5) is 0 Å². The summed E-state index contributed by atoms with van der Waals surface area (Å²) in [5.74, 6) is -2.37. The van der Waals surface area contributed by atoms with Crippen LogP contribution in [0.2, 0.25) is 0 Å². The molecular weight excluding hydrogens is 218 g/mol. The number of rotatable bonds is 6. The Hall–Kier alpha value is -1.32. The van der Waals surface area contributed by atoms with Crippen molar-refractivity contribution in [3.8, 4) is 0 Å². The minimum atomic E-state index is -1.06. The number of hydrogen-bond acceptors (Lipinski definition) is 2. The van der Waals surface area contributed by atoms with Crippen LogP contribution in [0, 0.1) is 11.3 Å². The monoisotopic (exact) mass is 241 g/mol. The van der Waals surface area contributed by atoms with Gasteiger partial charge in [0.05, 0.1) is 0 Å². The third-order valence-electron chi connectivity index (χ3n) is 2.64. The molecule has 0 saturated heterocycles. The van der Waals surface area contributed by atoms with Gasteiger partial charge in [-0.25, -0.2) is 0 Å². The van der Waals surface area contributed by atoms with E-state index >= 15 is 0 Å². The second-order valence-corrected chi connectivity index (χ2v) is 5.33. The van der Waals surface area contributed by atoms with Gasteiger partial charge in [-0.05, 0) is 18.3 Å². The van der Waals surface area contributed by atoms with Crippen LogP contribution < -0.4 is 0 Å². The molecule has 1 unspecified atom stereocenters. The second-order valence-electron chi connectivity index (χ2n) is 5.33. The highest BCUT2D eigenvalue weighted by molar-refractivity contribution is 5.97. The molecular formula is C13H23NO3. The van der Waals surface area contributed by atoms with Crippen LogP contribution in [0.15, 0.2) is 12.7 Å². The van der Waals surface area contributed by atoms with Crippen LogP contribution in [0.5, 0.6) is 0 Å². The SMILES string of the molecule is C=CCCCN(C)C(=O)C(C(=O)O)C(C)(C)C. The van der Waals surface area contributed by atoms with E-state index in [0.717, 1.165) is 12.8 Å². The number of hydrogen-bond donors (Lipinski definition) is 1. The van der Waals surface area contributed by atoms with E-state index in [4.69, 9.17) is 5.11 Å². The van der Waals surface area contributed by atoms with Gasteiger partial charge in [0, 0.05) is 13.6 Å². The van der Waals surface area contributed by atoms with E-state index in [2.05, 4.69) is 6.58 Å². The van der Waals surface area contributed by atoms with E-state index in [-0.39, 0.29) is 5.91 Å². The van der Waals surface area contributed by atoms with Gasteiger partial charge in [-0.2, -0.15) is 0 Å². The van der Waals surface area contributed by atoms with Gasteiger partial charge in [0.2, 0.25) is 5.91 Å². The number of carbonyl (C=O) groups excluding carboxylic acids is 1. The molecule has 0 bridgehead atoms. The van der Waals surface area contributed by atoms with Crippen LogP contribution in [0.3, 0.4) is 0 Å². The lowest BCUT2D eigenvalue weighted by Gasteiger charge is -2.29. The van der Waals surface area contributed by atoms with Gasteiger partial charge in [-0.1, -0.05) is 26.8 Å². The third-order valence-corrected chi connectivity index (χ3v) is 2.64. The van der Waals surface area contributed by atoms with Crippen molar-refractivity contribution in [2.24, 2.45) is 11.3 Å². The summed E-state index contributed by atoms with van der Waals surface area (Å²) in [7, 11) is 1.65. The largest absolute Gasteiger partial charge is 0.481 e. The van der Waals surface area contributed by atoms with Crippen molar-refractivity contribution >= 4 is 11.9 Å². The summed E-state index contributed by atoms with van der Waals surface area (Å²) in [6.45, 7) is 9.46. The molecule has 0 aromatic heterocycles. The number of carbonyl (C=O) groups is 2. The third kappa shape index (κ3) is 5.02. The second kappa shape index (κ2) is 6.42. The van der Waals surface area contributed by atoms with Crippen molar-refractivity contribution in [1.29, 1.82) is 0 Å². The standard InChI is InChI=1S/C13H23NO3/c1-6-7-8-9-14(5)11(15)10(12(16)17)13(2,3)4/h6,10H,1,7-9H2,2-5H3,(H,16,17). The number of amides is 1. The first kappa shape index (κ1) is 15.7. The van der Waals surface area contributed by atoms with Crippen LogP contribution in [0.25, 0.3) is 0 Å². The Labute approximate surface area is 103 Å². The fraction of sp³-hybridized carbons (Fsp3) is 0.692. The highest BCUT2D eigenvalue weighted by Gasteiger charge is 2.39. The summed E-state index contributed by atoms with van der Waals surface area (Å²) >= 11 is 0. The van der Waals surface area contributed by atoms with Gasteiger partial charge >= 0.3 is 5.97 Å². The van der Waals surface area contributed by atoms with E-state index in [0.29, 0.717) is 6.54 Å². The lowest BCUT2D eigenvalue weighted by molar-refractivity contribution is -0.155. The summed E-state index contributed by atoms with van der Waals surface area (Å²) in [6.07, 6.45) is 3.42.